The van der Waals surface area contributed by atoms with Crippen LogP contribution in [0.5, 0.6) is 0 Å². The monoisotopic (exact) mass is 213 g/mol. The maximum atomic E-state index is 5.97. The first-order valence-electron chi connectivity index (χ1n) is 4.60. The highest BCUT2D eigenvalue weighted by Crippen LogP contribution is 2.23. The fraction of sp³-hybridized carbons (Fsp3) is 0.556. The third kappa shape index (κ3) is 1.96. The fourth-order valence-corrected chi connectivity index (χ4v) is 1.70. The summed E-state index contributed by atoms with van der Waals surface area (Å²) in [5.41, 5.74) is 1.85. The normalized spacial score (nSPS) is 17.1. The van der Waals surface area contributed by atoms with Crippen LogP contribution >= 0.6 is 11.6 Å². The zero-order valence-corrected chi connectivity index (χ0v) is 8.79. The van der Waals surface area contributed by atoms with Gasteiger partial charge >= 0.3 is 0 Å². The summed E-state index contributed by atoms with van der Waals surface area (Å²) in [4.78, 5) is 2.17. The van der Waals surface area contributed by atoms with E-state index < -0.39 is 0 Å². The molecule has 0 unspecified atom stereocenters. The molecule has 0 spiro atoms. The van der Waals surface area contributed by atoms with Crippen molar-refractivity contribution in [3.8, 4) is 0 Å². The summed E-state index contributed by atoms with van der Waals surface area (Å²) in [5, 5.41) is 8.25. The van der Waals surface area contributed by atoms with Crippen molar-refractivity contribution >= 4 is 17.3 Å². The van der Waals surface area contributed by atoms with Crippen LogP contribution < -0.4 is 4.90 Å². The van der Waals surface area contributed by atoms with Crippen molar-refractivity contribution in [1.29, 1.82) is 0 Å². The number of aryl methyl sites for hydroxylation is 1. The molecule has 0 amide bonds. The van der Waals surface area contributed by atoms with Gasteiger partial charge in [-0.1, -0.05) is 11.6 Å². The fourth-order valence-electron chi connectivity index (χ4n) is 1.49. The molecule has 14 heavy (non-hydrogen) atoms. The molecular weight excluding hydrogens is 202 g/mol. The summed E-state index contributed by atoms with van der Waals surface area (Å²) in [6.07, 6.45) is 0. The SMILES string of the molecule is Cc1cc(N2CCOCC2)c(Cl)nn1. The summed E-state index contributed by atoms with van der Waals surface area (Å²) >= 11 is 5.97. The number of aromatic nitrogens is 2. The number of hydrogen-bond acceptors (Lipinski definition) is 4. The molecule has 0 bridgehead atoms. The Bertz CT molecular complexity index is 326. The van der Waals surface area contributed by atoms with Crippen molar-refractivity contribution in [2.45, 2.75) is 6.92 Å². The molecule has 1 aliphatic rings. The van der Waals surface area contributed by atoms with E-state index in [0.717, 1.165) is 37.7 Å². The molecule has 1 aromatic heterocycles. The third-order valence-corrected chi connectivity index (χ3v) is 2.47. The highest BCUT2D eigenvalue weighted by atomic mass is 35.5. The Morgan fingerprint density at radius 3 is 2.79 bits per heavy atom. The molecule has 0 radical (unpaired) electrons. The van der Waals surface area contributed by atoms with E-state index in [1.54, 1.807) is 0 Å². The molecular formula is C9H12ClN3O. The minimum Gasteiger partial charge on any atom is -0.378 e. The Morgan fingerprint density at radius 1 is 1.36 bits per heavy atom. The van der Waals surface area contributed by atoms with Crippen LogP contribution in [0.1, 0.15) is 5.69 Å². The second kappa shape index (κ2) is 4.11. The third-order valence-electron chi connectivity index (χ3n) is 2.20. The van der Waals surface area contributed by atoms with Gasteiger partial charge in [0, 0.05) is 13.1 Å². The molecule has 0 N–H and O–H groups in total. The van der Waals surface area contributed by atoms with Crippen molar-refractivity contribution in [3.05, 3.63) is 16.9 Å². The van der Waals surface area contributed by atoms with E-state index in [4.69, 9.17) is 16.3 Å². The molecule has 2 heterocycles. The molecule has 76 valence electrons. The van der Waals surface area contributed by atoms with Gasteiger partial charge in [0.1, 0.15) is 0 Å². The minimum atomic E-state index is 0.470. The first-order valence-corrected chi connectivity index (χ1v) is 4.97. The molecule has 1 aromatic rings. The van der Waals surface area contributed by atoms with Gasteiger partial charge in [0.2, 0.25) is 0 Å². The van der Waals surface area contributed by atoms with Gasteiger partial charge in [0.05, 0.1) is 24.6 Å². The van der Waals surface area contributed by atoms with Crippen molar-refractivity contribution in [2.75, 3.05) is 31.2 Å². The molecule has 0 aliphatic carbocycles. The lowest BCUT2D eigenvalue weighted by atomic mass is 10.3. The number of morpholine rings is 1. The van der Waals surface area contributed by atoms with Gasteiger partial charge < -0.3 is 9.64 Å². The number of hydrogen-bond donors (Lipinski definition) is 0. The molecule has 4 nitrogen and oxygen atoms in total. The zero-order chi connectivity index (χ0) is 9.97. The largest absolute Gasteiger partial charge is 0.378 e. The van der Waals surface area contributed by atoms with Crippen LogP contribution in [-0.2, 0) is 4.74 Å². The number of ether oxygens (including phenoxy) is 1. The van der Waals surface area contributed by atoms with Crippen LogP contribution in [0.3, 0.4) is 0 Å². The molecule has 2 rings (SSSR count). The smallest absolute Gasteiger partial charge is 0.174 e. The maximum Gasteiger partial charge on any atom is 0.174 e. The topological polar surface area (TPSA) is 38.2 Å². The molecule has 0 saturated carbocycles. The number of rotatable bonds is 1. The van der Waals surface area contributed by atoms with Gasteiger partial charge in [-0.25, -0.2) is 0 Å². The first-order chi connectivity index (χ1) is 6.77. The van der Waals surface area contributed by atoms with Crippen molar-refractivity contribution in [1.82, 2.24) is 10.2 Å². The predicted molar refractivity (Wildman–Crippen MR) is 54.8 cm³/mol. The van der Waals surface area contributed by atoms with E-state index >= 15 is 0 Å². The van der Waals surface area contributed by atoms with Crippen molar-refractivity contribution < 1.29 is 4.74 Å². The van der Waals surface area contributed by atoms with E-state index in [1.807, 2.05) is 13.0 Å². The Morgan fingerprint density at radius 2 is 2.07 bits per heavy atom. The Labute approximate surface area is 87.8 Å². The summed E-state index contributed by atoms with van der Waals surface area (Å²) in [5.74, 6) is 0. The lowest BCUT2D eigenvalue weighted by Crippen LogP contribution is -2.36. The first kappa shape index (κ1) is 9.68. The van der Waals surface area contributed by atoms with Crippen LogP contribution in [-0.4, -0.2) is 36.5 Å². The van der Waals surface area contributed by atoms with Crippen LogP contribution in [0.25, 0.3) is 0 Å². The Balaban J connectivity index is 2.24. The van der Waals surface area contributed by atoms with Gasteiger partial charge in [-0.15, -0.1) is 5.10 Å². The summed E-state index contributed by atoms with van der Waals surface area (Å²) < 4.78 is 5.27. The average molecular weight is 214 g/mol. The Hall–Kier alpha value is -0.870. The Kier molecular flexibility index (Phi) is 2.84. The van der Waals surface area contributed by atoms with E-state index in [-0.39, 0.29) is 0 Å². The quantitative estimate of drug-likeness (QED) is 0.705. The average Bonchev–Trinajstić information content (AvgIpc) is 2.23. The minimum absolute atomic E-state index is 0.470. The lowest BCUT2D eigenvalue weighted by molar-refractivity contribution is 0.122. The second-order valence-corrected chi connectivity index (χ2v) is 3.62. The van der Waals surface area contributed by atoms with Crippen LogP contribution in [0, 0.1) is 6.92 Å². The molecule has 5 heteroatoms. The summed E-state index contributed by atoms with van der Waals surface area (Å²) in [7, 11) is 0. The standard InChI is InChI=1S/C9H12ClN3O/c1-7-6-8(9(10)12-11-7)13-2-4-14-5-3-13/h6H,2-5H2,1H3. The van der Waals surface area contributed by atoms with Crippen molar-refractivity contribution in [2.24, 2.45) is 0 Å². The highest BCUT2D eigenvalue weighted by molar-refractivity contribution is 6.31. The van der Waals surface area contributed by atoms with Crippen LogP contribution in [0.2, 0.25) is 5.15 Å². The molecule has 0 aromatic carbocycles. The van der Waals surface area contributed by atoms with Gasteiger partial charge in [0.25, 0.3) is 0 Å². The number of anilines is 1. The van der Waals surface area contributed by atoms with Gasteiger partial charge in [-0.3, -0.25) is 0 Å². The second-order valence-electron chi connectivity index (χ2n) is 3.26. The van der Waals surface area contributed by atoms with Gasteiger partial charge in [0.15, 0.2) is 5.15 Å². The van der Waals surface area contributed by atoms with Crippen LogP contribution in [0.15, 0.2) is 6.07 Å². The van der Waals surface area contributed by atoms with Crippen molar-refractivity contribution in [3.63, 3.8) is 0 Å². The lowest BCUT2D eigenvalue weighted by Gasteiger charge is -2.29. The molecule has 1 aliphatic heterocycles. The highest BCUT2D eigenvalue weighted by Gasteiger charge is 2.15. The molecule has 1 saturated heterocycles. The maximum absolute atomic E-state index is 5.97. The summed E-state index contributed by atoms with van der Waals surface area (Å²) in [6.45, 7) is 5.14. The molecule has 0 atom stereocenters. The van der Waals surface area contributed by atoms with E-state index in [0.29, 0.717) is 5.15 Å². The van der Waals surface area contributed by atoms with Gasteiger partial charge in [-0.05, 0) is 13.0 Å². The predicted octanol–water partition coefficient (Wildman–Crippen LogP) is 1.28. The number of nitrogens with zero attached hydrogens (tertiary/aromatic N) is 3. The van der Waals surface area contributed by atoms with Gasteiger partial charge in [-0.2, -0.15) is 5.10 Å². The molecule has 1 fully saturated rings. The van der Waals surface area contributed by atoms with Crippen LogP contribution in [0.4, 0.5) is 5.69 Å². The zero-order valence-electron chi connectivity index (χ0n) is 8.03. The van der Waals surface area contributed by atoms with E-state index in [9.17, 15) is 0 Å². The van der Waals surface area contributed by atoms with E-state index in [2.05, 4.69) is 15.1 Å². The van der Waals surface area contributed by atoms with E-state index in [1.165, 1.54) is 0 Å². The number of halogens is 1. The summed E-state index contributed by atoms with van der Waals surface area (Å²) in [6, 6.07) is 1.96.